The van der Waals surface area contributed by atoms with E-state index in [4.69, 9.17) is 34.8 Å². The van der Waals surface area contributed by atoms with Crippen LogP contribution in [0.2, 0.25) is 0 Å². The second-order valence-corrected chi connectivity index (χ2v) is 6.63. The standard InChI is InChI=1S/C9H16ClN3O2.C5H9Cl2N3O2/c10-6-7-13(12-15)9(14)11-8-4-2-1-3-5-8;6-1-3-8-5(11)10(9-12)4-2-7/h8H,1-7H2,(H,11,14);1-4H2,(H,8,11). The number of nitroso groups, excluding NO2 is 2. The van der Waals surface area contributed by atoms with Crippen molar-refractivity contribution in [2.45, 2.75) is 38.1 Å². The summed E-state index contributed by atoms with van der Waals surface area (Å²) < 4.78 is 0. The molecule has 0 heterocycles. The summed E-state index contributed by atoms with van der Waals surface area (Å²) in [5, 5.41) is 11.8. The highest BCUT2D eigenvalue weighted by Crippen LogP contribution is 2.17. The lowest BCUT2D eigenvalue weighted by atomic mass is 9.96. The summed E-state index contributed by atoms with van der Waals surface area (Å²) >= 11 is 16.1. The van der Waals surface area contributed by atoms with Crippen molar-refractivity contribution in [2.75, 3.05) is 37.3 Å². The van der Waals surface area contributed by atoms with Crippen LogP contribution in [0.15, 0.2) is 10.6 Å². The van der Waals surface area contributed by atoms with E-state index in [2.05, 4.69) is 21.2 Å². The minimum Gasteiger partial charge on any atom is -0.335 e. The van der Waals surface area contributed by atoms with E-state index in [0.29, 0.717) is 17.4 Å². The minimum atomic E-state index is -0.578. The van der Waals surface area contributed by atoms with Crippen LogP contribution in [0.3, 0.4) is 0 Å². The van der Waals surface area contributed by atoms with Crippen molar-refractivity contribution in [3.63, 3.8) is 0 Å². The molecule has 1 fully saturated rings. The highest BCUT2D eigenvalue weighted by Gasteiger charge is 2.19. The average molecular weight is 448 g/mol. The van der Waals surface area contributed by atoms with Crippen LogP contribution in [0, 0.1) is 9.81 Å². The molecule has 0 aromatic carbocycles. The number of hydrogen-bond acceptors (Lipinski definition) is 6. The molecule has 2 N–H and O–H groups in total. The molecule has 0 radical (unpaired) electrons. The lowest BCUT2D eigenvalue weighted by molar-refractivity contribution is 0.194. The summed E-state index contributed by atoms with van der Waals surface area (Å²) in [6, 6.07) is -0.824. The summed E-state index contributed by atoms with van der Waals surface area (Å²) in [7, 11) is 0. The van der Waals surface area contributed by atoms with Crippen LogP contribution < -0.4 is 10.6 Å². The van der Waals surface area contributed by atoms with E-state index in [9.17, 15) is 19.4 Å². The van der Waals surface area contributed by atoms with Gasteiger partial charge in [0.2, 0.25) is 0 Å². The van der Waals surface area contributed by atoms with Crippen LogP contribution in [-0.4, -0.2) is 65.4 Å². The van der Waals surface area contributed by atoms with Gasteiger partial charge in [0.05, 0.1) is 23.7 Å². The number of amides is 4. The zero-order valence-electron chi connectivity index (χ0n) is 14.9. The summed E-state index contributed by atoms with van der Waals surface area (Å²) in [5.41, 5.74) is 0. The molecule has 0 unspecified atom stereocenters. The van der Waals surface area contributed by atoms with E-state index in [1.54, 1.807) is 0 Å². The maximum absolute atomic E-state index is 11.5. The summed E-state index contributed by atoms with van der Waals surface area (Å²) in [6.45, 7) is 0.553. The number of halogens is 3. The van der Waals surface area contributed by atoms with E-state index in [-0.39, 0.29) is 30.9 Å². The number of rotatable bonds is 9. The van der Waals surface area contributed by atoms with Gasteiger partial charge >= 0.3 is 12.1 Å². The first-order chi connectivity index (χ1) is 13.0. The lowest BCUT2D eigenvalue weighted by Crippen LogP contribution is -2.43. The average Bonchev–Trinajstić information content (AvgIpc) is 2.69. The van der Waals surface area contributed by atoms with Crippen LogP contribution in [0.1, 0.15) is 32.1 Å². The molecule has 1 saturated carbocycles. The summed E-state index contributed by atoms with van der Waals surface area (Å²) in [5.74, 6) is 0.670. The second-order valence-electron chi connectivity index (χ2n) is 5.49. The Morgan fingerprint density at radius 1 is 0.852 bits per heavy atom. The zero-order chi connectivity index (χ0) is 20.5. The van der Waals surface area contributed by atoms with Gasteiger partial charge in [-0.1, -0.05) is 19.3 Å². The topological polar surface area (TPSA) is 124 Å². The van der Waals surface area contributed by atoms with Crippen LogP contribution in [-0.2, 0) is 0 Å². The monoisotopic (exact) mass is 446 g/mol. The smallest absolute Gasteiger partial charge is 0.335 e. The molecule has 156 valence electrons. The Morgan fingerprint density at radius 2 is 1.37 bits per heavy atom. The Labute approximate surface area is 173 Å². The van der Waals surface area contributed by atoms with Crippen LogP contribution in [0.4, 0.5) is 9.59 Å². The summed E-state index contributed by atoms with van der Waals surface area (Å²) in [4.78, 5) is 42.8. The number of nitrogens with one attached hydrogen (secondary N) is 2. The third-order valence-corrected chi connectivity index (χ3v) is 4.09. The molecular formula is C14H25Cl3N6O4. The number of urea groups is 2. The highest BCUT2D eigenvalue weighted by molar-refractivity contribution is 6.18. The maximum atomic E-state index is 11.5. The Bertz CT molecular complexity index is 455. The molecule has 0 atom stereocenters. The van der Waals surface area contributed by atoms with Crippen LogP contribution >= 0.6 is 34.8 Å². The van der Waals surface area contributed by atoms with E-state index < -0.39 is 12.1 Å². The first-order valence-electron chi connectivity index (χ1n) is 8.51. The van der Waals surface area contributed by atoms with Crippen LogP contribution in [0.25, 0.3) is 0 Å². The molecule has 0 aromatic heterocycles. The van der Waals surface area contributed by atoms with Crippen molar-refractivity contribution in [1.29, 1.82) is 0 Å². The molecule has 1 rings (SSSR count). The Balaban J connectivity index is 0.000000516. The van der Waals surface area contributed by atoms with E-state index >= 15 is 0 Å². The minimum absolute atomic E-state index is 0.0964. The predicted octanol–water partition coefficient (Wildman–Crippen LogP) is 3.41. The van der Waals surface area contributed by atoms with Crippen molar-refractivity contribution < 1.29 is 9.59 Å². The SMILES string of the molecule is O=NN(CCCl)C(=O)NC1CCCCC1.O=NN(CCCl)C(=O)NCCCl. The molecule has 0 aliphatic heterocycles. The fraction of sp³-hybridized carbons (Fsp3) is 0.857. The Morgan fingerprint density at radius 3 is 1.81 bits per heavy atom. The lowest BCUT2D eigenvalue weighted by Gasteiger charge is -2.24. The van der Waals surface area contributed by atoms with Gasteiger partial charge in [0.15, 0.2) is 0 Å². The van der Waals surface area contributed by atoms with Crippen molar-refractivity contribution >= 4 is 46.9 Å². The Hall–Kier alpha value is -1.39. The maximum Gasteiger partial charge on any atom is 0.340 e. The van der Waals surface area contributed by atoms with E-state index in [0.717, 1.165) is 30.7 Å². The van der Waals surface area contributed by atoms with Gasteiger partial charge in [-0.2, -0.15) is 10.0 Å². The van der Waals surface area contributed by atoms with Gasteiger partial charge in [-0.15, -0.1) is 44.6 Å². The van der Waals surface area contributed by atoms with Gasteiger partial charge < -0.3 is 10.6 Å². The molecule has 1 aliphatic rings. The van der Waals surface area contributed by atoms with Gasteiger partial charge in [0.25, 0.3) is 0 Å². The Kier molecular flexibility index (Phi) is 15.9. The number of carbonyl (C=O) groups excluding carboxylic acids is 2. The fourth-order valence-electron chi connectivity index (χ4n) is 2.26. The van der Waals surface area contributed by atoms with Crippen molar-refractivity contribution in [1.82, 2.24) is 20.7 Å². The fourth-order valence-corrected chi connectivity index (χ4v) is 2.68. The van der Waals surface area contributed by atoms with Gasteiger partial charge in [0.1, 0.15) is 0 Å². The molecule has 0 saturated heterocycles. The molecule has 0 spiro atoms. The highest BCUT2D eigenvalue weighted by atomic mass is 35.5. The first kappa shape index (κ1) is 25.6. The first-order valence-corrected chi connectivity index (χ1v) is 10.1. The summed E-state index contributed by atoms with van der Waals surface area (Å²) in [6.07, 6.45) is 5.46. The zero-order valence-corrected chi connectivity index (χ0v) is 17.2. The van der Waals surface area contributed by atoms with Crippen LogP contribution in [0.5, 0.6) is 0 Å². The second kappa shape index (κ2) is 16.8. The molecule has 10 nitrogen and oxygen atoms in total. The molecular weight excluding hydrogens is 423 g/mol. The quantitative estimate of drug-likeness (QED) is 0.319. The largest absolute Gasteiger partial charge is 0.340 e. The van der Waals surface area contributed by atoms with Gasteiger partial charge in [0, 0.05) is 30.2 Å². The van der Waals surface area contributed by atoms with Gasteiger partial charge in [-0.25, -0.2) is 9.59 Å². The van der Waals surface area contributed by atoms with E-state index in [1.165, 1.54) is 6.42 Å². The molecule has 0 aromatic rings. The number of nitrogens with zero attached hydrogens (tertiary/aromatic N) is 4. The predicted molar refractivity (Wildman–Crippen MR) is 106 cm³/mol. The molecule has 0 bridgehead atoms. The normalized spacial score (nSPS) is 13.6. The van der Waals surface area contributed by atoms with Crippen molar-refractivity contribution in [2.24, 2.45) is 10.6 Å². The number of carbonyl (C=O) groups is 2. The van der Waals surface area contributed by atoms with Gasteiger partial charge in [-0.3, -0.25) is 0 Å². The third kappa shape index (κ3) is 11.8. The number of hydrogen-bond donors (Lipinski definition) is 2. The van der Waals surface area contributed by atoms with Crippen molar-refractivity contribution in [3.05, 3.63) is 9.81 Å². The van der Waals surface area contributed by atoms with Gasteiger partial charge in [-0.05, 0) is 12.8 Å². The molecule has 27 heavy (non-hydrogen) atoms. The van der Waals surface area contributed by atoms with Crippen molar-refractivity contribution in [3.8, 4) is 0 Å². The number of alkyl halides is 3. The molecule has 13 heteroatoms. The van der Waals surface area contributed by atoms with E-state index in [1.807, 2.05) is 0 Å². The molecule has 1 aliphatic carbocycles. The third-order valence-electron chi connectivity index (χ3n) is 3.56. The molecule has 4 amide bonds.